The number of benzene rings is 1. The number of anilines is 1. The molecule has 0 radical (unpaired) electrons. The molecule has 0 fully saturated rings. The van der Waals surface area contributed by atoms with Gasteiger partial charge in [0.1, 0.15) is 0 Å². The fraction of sp³-hybridized carbons (Fsp3) is 0.462. The summed E-state index contributed by atoms with van der Waals surface area (Å²) in [7, 11) is -3.85. The zero-order valence-electron chi connectivity index (χ0n) is 12.4. The maximum atomic E-state index is 12.3. The Morgan fingerprint density at radius 2 is 1.86 bits per heavy atom. The Morgan fingerprint density at radius 1 is 1.29 bits per heavy atom. The molecule has 1 aromatic carbocycles. The lowest BCUT2D eigenvalue weighted by molar-refractivity contribution is -0.122. The molecule has 21 heavy (non-hydrogen) atoms. The van der Waals surface area contributed by atoms with Gasteiger partial charge in [0.05, 0.1) is 21.6 Å². The summed E-state index contributed by atoms with van der Waals surface area (Å²) in [6.45, 7) is 6.72. The molecule has 0 bridgehead atoms. The van der Waals surface area contributed by atoms with Gasteiger partial charge in [-0.25, -0.2) is 8.42 Å². The molecule has 0 aromatic heterocycles. The number of hydrogen-bond donors (Lipinski definition) is 3. The van der Waals surface area contributed by atoms with Gasteiger partial charge in [0.15, 0.2) is 0 Å². The summed E-state index contributed by atoms with van der Waals surface area (Å²) in [5.41, 5.74) is 6.40. The summed E-state index contributed by atoms with van der Waals surface area (Å²) in [6, 6.07) is 1.71. The number of halogens is 1. The third kappa shape index (κ3) is 4.59. The Balaban J connectivity index is 2.99. The van der Waals surface area contributed by atoms with E-state index in [9.17, 15) is 13.2 Å². The summed E-state index contributed by atoms with van der Waals surface area (Å²) in [6.07, 6.45) is 0. The molecule has 0 saturated carbocycles. The van der Waals surface area contributed by atoms with Gasteiger partial charge >= 0.3 is 0 Å². The first-order valence-corrected chi connectivity index (χ1v) is 8.29. The van der Waals surface area contributed by atoms with E-state index in [1.807, 2.05) is 0 Å². The summed E-state index contributed by atoms with van der Waals surface area (Å²) in [4.78, 5) is 11.7. The predicted octanol–water partition coefficient (Wildman–Crippen LogP) is 1.42. The number of nitrogens with two attached hydrogens (primary N) is 1. The number of amides is 1. The van der Waals surface area contributed by atoms with Crippen LogP contribution >= 0.6 is 11.6 Å². The Hall–Kier alpha value is -1.31. The van der Waals surface area contributed by atoms with Crippen LogP contribution in [0.2, 0.25) is 5.02 Å². The number of hydrogen-bond acceptors (Lipinski definition) is 4. The quantitative estimate of drug-likeness (QED) is 0.709. The van der Waals surface area contributed by atoms with E-state index in [2.05, 4.69) is 10.0 Å². The molecular formula is C13H20ClN3O3S. The second-order valence-corrected chi connectivity index (χ2v) is 7.24. The second-order valence-electron chi connectivity index (χ2n) is 5.15. The lowest BCUT2D eigenvalue weighted by Gasteiger charge is -2.17. The summed E-state index contributed by atoms with van der Waals surface area (Å²) >= 11 is 5.91. The zero-order valence-corrected chi connectivity index (χ0v) is 14.0. The van der Waals surface area contributed by atoms with Crippen molar-refractivity contribution < 1.29 is 13.2 Å². The molecular weight excluding hydrogens is 314 g/mol. The van der Waals surface area contributed by atoms with Crippen molar-refractivity contribution in [2.24, 2.45) is 0 Å². The highest BCUT2D eigenvalue weighted by Crippen LogP contribution is 2.26. The highest BCUT2D eigenvalue weighted by atomic mass is 35.5. The van der Waals surface area contributed by atoms with Crippen molar-refractivity contribution in [1.29, 1.82) is 0 Å². The van der Waals surface area contributed by atoms with Gasteiger partial charge in [0.25, 0.3) is 0 Å². The molecule has 0 spiro atoms. The van der Waals surface area contributed by atoms with E-state index in [1.165, 1.54) is 19.1 Å². The number of carbonyl (C=O) groups is 1. The minimum Gasteiger partial charge on any atom is -0.397 e. The lowest BCUT2D eigenvalue weighted by Crippen LogP contribution is -2.46. The Morgan fingerprint density at radius 3 is 2.33 bits per heavy atom. The number of aryl methyl sites for hydroxylation is 1. The predicted molar refractivity (Wildman–Crippen MR) is 83.7 cm³/mol. The highest BCUT2D eigenvalue weighted by molar-refractivity contribution is 7.89. The second kappa shape index (κ2) is 6.64. The van der Waals surface area contributed by atoms with E-state index in [4.69, 9.17) is 17.3 Å². The van der Waals surface area contributed by atoms with Crippen molar-refractivity contribution >= 4 is 33.2 Å². The molecule has 6 nitrogen and oxygen atoms in total. The first kappa shape index (κ1) is 17.7. The molecule has 0 aliphatic heterocycles. The average Bonchev–Trinajstić information content (AvgIpc) is 2.33. The summed E-state index contributed by atoms with van der Waals surface area (Å²) < 4.78 is 26.8. The first-order chi connectivity index (χ1) is 9.54. The van der Waals surface area contributed by atoms with Crippen LogP contribution in [0.4, 0.5) is 5.69 Å². The minimum atomic E-state index is -3.85. The van der Waals surface area contributed by atoms with Crippen LogP contribution in [0.5, 0.6) is 0 Å². The smallest absolute Gasteiger partial charge is 0.241 e. The van der Waals surface area contributed by atoms with Gasteiger partial charge in [0, 0.05) is 6.04 Å². The molecule has 4 N–H and O–H groups in total. The Labute approximate surface area is 130 Å². The van der Waals surface area contributed by atoms with Crippen molar-refractivity contribution in [2.75, 3.05) is 5.73 Å². The monoisotopic (exact) mass is 333 g/mol. The number of nitrogens with one attached hydrogen (secondary N) is 2. The van der Waals surface area contributed by atoms with E-state index in [1.54, 1.807) is 20.8 Å². The van der Waals surface area contributed by atoms with E-state index in [-0.39, 0.29) is 16.6 Å². The van der Waals surface area contributed by atoms with Crippen molar-refractivity contribution in [2.45, 2.75) is 44.7 Å². The number of sulfonamides is 1. The average molecular weight is 334 g/mol. The van der Waals surface area contributed by atoms with Crippen LogP contribution in [0.25, 0.3) is 0 Å². The van der Waals surface area contributed by atoms with Gasteiger partial charge in [-0.15, -0.1) is 0 Å². The van der Waals surface area contributed by atoms with Crippen LogP contribution in [0.3, 0.4) is 0 Å². The Kier molecular flexibility index (Phi) is 5.61. The molecule has 0 aliphatic carbocycles. The van der Waals surface area contributed by atoms with Gasteiger partial charge < -0.3 is 11.1 Å². The number of rotatable bonds is 5. The molecule has 0 heterocycles. The van der Waals surface area contributed by atoms with Gasteiger partial charge in [-0.1, -0.05) is 11.6 Å². The van der Waals surface area contributed by atoms with E-state index >= 15 is 0 Å². The molecule has 1 atom stereocenters. The molecule has 0 aliphatic rings. The summed E-state index contributed by atoms with van der Waals surface area (Å²) in [5, 5.41) is 2.96. The van der Waals surface area contributed by atoms with Gasteiger partial charge in [-0.3, -0.25) is 4.79 Å². The van der Waals surface area contributed by atoms with E-state index in [0.717, 1.165) is 0 Å². The molecule has 0 saturated heterocycles. The largest absolute Gasteiger partial charge is 0.397 e. The maximum absolute atomic E-state index is 12.3. The molecule has 118 valence electrons. The third-order valence-electron chi connectivity index (χ3n) is 2.72. The first-order valence-electron chi connectivity index (χ1n) is 6.43. The third-order valence-corrected chi connectivity index (χ3v) is 4.76. The molecule has 8 heteroatoms. The topological polar surface area (TPSA) is 101 Å². The van der Waals surface area contributed by atoms with E-state index in [0.29, 0.717) is 10.6 Å². The van der Waals surface area contributed by atoms with Crippen LogP contribution in [0.15, 0.2) is 17.0 Å². The maximum Gasteiger partial charge on any atom is 0.241 e. The van der Waals surface area contributed by atoms with Crippen LogP contribution < -0.4 is 15.8 Å². The van der Waals surface area contributed by atoms with Crippen molar-refractivity contribution in [1.82, 2.24) is 10.0 Å². The van der Waals surface area contributed by atoms with Gasteiger partial charge in [-0.05, 0) is 45.4 Å². The normalized spacial score (nSPS) is 13.2. The van der Waals surface area contributed by atoms with E-state index < -0.39 is 22.0 Å². The van der Waals surface area contributed by atoms with Crippen molar-refractivity contribution in [3.05, 3.63) is 22.7 Å². The van der Waals surface area contributed by atoms with Crippen LogP contribution in [0.1, 0.15) is 26.3 Å². The standard InChI is InChI=1S/C13H20ClN3O3S/c1-7(2)16-13(18)9(4)17-21(19,20)10-5-8(3)12(14)11(15)6-10/h5-7,9,17H,15H2,1-4H3,(H,16,18). The van der Waals surface area contributed by atoms with Gasteiger partial charge in [-0.2, -0.15) is 4.72 Å². The lowest BCUT2D eigenvalue weighted by atomic mass is 10.2. The van der Waals surface area contributed by atoms with Crippen LogP contribution in [-0.2, 0) is 14.8 Å². The highest BCUT2D eigenvalue weighted by Gasteiger charge is 2.23. The number of carbonyl (C=O) groups excluding carboxylic acids is 1. The zero-order chi connectivity index (χ0) is 16.4. The minimum absolute atomic E-state index is 0.0221. The molecule has 1 amide bonds. The van der Waals surface area contributed by atoms with Crippen LogP contribution in [0, 0.1) is 6.92 Å². The number of nitrogen functional groups attached to an aromatic ring is 1. The van der Waals surface area contributed by atoms with Crippen LogP contribution in [-0.4, -0.2) is 26.4 Å². The SMILES string of the molecule is Cc1cc(S(=O)(=O)NC(C)C(=O)NC(C)C)cc(N)c1Cl. The molecule has 1 rings (SSSR count). The van der Waals surface area contributed by atoms with Crippen molar-refractivity contribution in [3.63, 3.8) is 0 Å². The fourth-order valence-electron chi connectivity index (χ4n) is 1.68. The molecule has 1 aromatic rings. The fourth-order valence-corrected chi connectivity index (χ4v) is 3.11. The van der Waals surface area contributed by atoms with Crippen molar-refractivity contribution in [3.8, 4) is 0 Å². The molecule has 1 unspecified atom stereocenters. The van der Waals surface area contributed by atoms with Gasteiger partial charge in [0.2, 0.25) is 15.9 Å². The Bertz CT molecular complexity index is 621. The summed E-state index contributed by atoms with van der Waals surface area (Å²) in [5.74, 6) is -0.396.